The number of piperidine rings is 2. The summed E-state index contributed by atoms with van der Waals surface area (Å²) >= 11 is 0. The molecular weight excluding hydrogens is 482 g/mol. The van der Waals surface area contributed by atoms with Crippen molar-refractivity contribution < 1.29 is 4.79 Å². The van der Waals surface area contributed by atoms with E-state index in [9.17, 15) is 10.1 Å². The van der Waals surface area contributed by atoms with Gasteiger partial charge in [0.25, 0.3) is 5.91 Å². The van der Waals surface area contributed by atoms with Gasteiger partial charge in [-0.25, -0.2) is 4.98 Å². The van der Waals surface area contributed by atoms with E-state index in [2.05, 4.69) is 31.4 Å². The maximum atomic E-state index is 12.3. The van der Waals surface area contributed by atoms with Gasteiger partial charge in [0.1, 0.15) is 22.9 Å². The second-order valence-electron chi connectivity index (χ2n) is 9.90. The highest BCUT2D eigenvalue weighted by Crippen LogP contribution is 2.27. The number of aromatic nitrogens is 2. The van der Waals surface area contributed by atoms with Crippen LogP contribution in [0.25, 0.3) is 0 Å². The molecular formula is C26H35N11O. The molecule has 2 aliphatic heterocycles. The van der Waals surface area contributed by atoms with Gasteiger partial charge >= 0.3 is 0 Å². The van der Waals surface area contributed by atoms with Crippen LogP contribution in [-0.4, -0.2) is 59.0 Å². The number of primary amides is 1. The van der Waals surface area contributed by atoms with Crippen LogP contribution < -0.4 is 27.5 Å². The fourth-order valence-corrected chi connectivity index (χ4v) is 5.04. The van der Waals surface area contributed by atoms with Crippen molar-refractivity contribution in [3.63, 3.8) is 0 Å². The normalized spacial score (nSPS) is 17.7. The zero-order chi connectivity index (χ0) is 27.1. The van der Waals surface area contributed by atoms with Crippen LogP contribution in [0.3, 0.4) is 0 Å². The number of nitrogens with two attached hydrogens (primary N) is 3. The van der Waals surface area contributed by atoms with Gasteiger partial charge in [0.2, 0.25) is 5.95 Å². The number of rotatable bonds is 9. The lowest BCUT2D eigenvalue weighted by molar-refractivity contribution is 0.100. The maximum absolute atomic E-state index is 12.3. The Kier molecular flexibility index (Phi) is 8.70. The Hall–Kier alpha value is -4.24. The first-order valence-corrected chi connectivity index (χ1v) is 12.9. The largest absolute Gasteiger partial charge is 0.386 e. The minimum atomic E-state index is -0.708. The summed E-state index contributed by atoms with van der Waals surface area (Å²) in [5.41, 5.74) is 13.6. The lowest BCUT2D eigenvalue weighted by Crippen LogP contribution is -2.35. The maximum Gasteiger partial charge on any atom is 0.254 e. The van der Waals surface area contributed by atoms with Crippen molar-refractivity contribution in [1.29, 1.82) is 10.7 Å². The first-order valence-electron chi connectivity index (χ1n) is 12.9. The number of hydrazone groups is 1. The Morgan fingerprint density at radius 2 is 1.82 bits per heavy atom. The number of anilines is 3. The van der Waals surface area contributed by atoms with Gasteiger partial charge in [-0.3, -0.25) is 9.69 Å². The molecule has 12 nitrogen and oxygen atoms in total. The molecule has 0 spiro atoms. The summed E-state index contributed by atoms with van der Waals surface area (Å²) in [5.74, 6) is 6.28. The van der Waals surface area contributed by atoms with Gasteiger partial charge in [-0.15, -0.1) is 0 Å². The van der Waals surface area contributed by atoms with Crippen LogP contribution >= 0.6 is 0 Å². The quantitative estimate of drug-likeness (QED) is 0.142. The Balaban J connectivity index is 1.44. The molecule has 2 aliphatic rings. The summed E-state index contributed by atoms with van der Waals surface area (Å²) in [6.45, 7) is 4.09. The van der Waals surface area contributed by atoms with E-state index in [1.54, 1.807) is 0 Å². The number of benzene rings is 1. The predicted octanol–water partition coefficient (Wildman–Crippen LogP) is 1.89. The molecule has 3 heterocycles. The van der Waals surface area contributed by atoms with Crippen molar-refractivity contribution in [3.8, 4) is 6.07 Å². The van der Waals surface area contributed by atoms with Crippen LogP contribution in [0, 0.1) is 28.6 Å². The average Bonchev–Trinajstić information content (AvgIpc) is 2.94. The molecule has 0 atom stereocenters. The smallest absolute Gasteiger partial charge is 0.254 e. The molecule has 0 unspecified atom stereocenters. The summed E-state index contributed by atoms with van der Waals surface area (Å²) < 4.78 is 0. The zero-order valence-electron chi connectivity index (χ0n) is 21.4. The van der Waals surface area contributed by atoms with E-state index in [0.29, 0.717) is 30.8 Å². The van der Waals surface area contributed by atoms with E-state index >= 15 is 0 Å². The third-order valence-corrected chi connectivity index (χ3v) is 7.26. The van der Waals surface area contributed by atoms with Crippen molar-refractivity contribution in [2.45, 2.75) is 38.6 Å². The van der Waals surface area contributed by atoms with Gasteiger partial charge in [0.05, 0.1) is 6.07 Å². The molecule has 0 radical (unpaired) electrons. The molecule has 4 rings (SSSR count). The highest BCUT2D eigenvalue weighted by Gasteiger charge is 2.25. The van der Waals surface area contributed by atoms with Gasteiger partial charge in [-0.2, -0.15) is 15.3 Å². The van der Waals surface area contributed by atoms with Gasteiger partial charge in [0.15, 0.2) is 0 Å². The highest BCUT2D eigenvalue weighted by atomic mass is 16.1. The van der Waals surface area contributed by atoms with Crippen LogP contribution in [0.15, 0.2) is 29.4 Å². The number of carbonyl (C=O) groups is 1. The monoisotopic (exact) mass is 517 g/mol. The molecule has 1 amide bonds. The predicted molar refractivity (Wildman–Crippen MR) is 147 cm³/mol. The third kappa shape index (κ3) is 6.54. The molecule has 2 fully saturated rings. The minimum absolute atomic E-state index is 0.0187. The van der Waals surface area contributed by atoms with Gasteiger partial charge in [-0.05, 0) is 62.4 Å². The molecule has 2 saturated heterocycles. The van der Waals surface area contributed by atoms with Crippen LogP contribution in [0.1, 0.15) is 53.7 Å². The zero-order valence-corrected chi connectivity index (χ0v) is 21.4. The number of nitrogens with zero attached hydrogens (tertiary/aromatic N) is 6. The molecule has 12 heteroatoms. The molecule has 2 aromatic rings. The van der Waals surface area contributed by atoms with Crippen LogP contribution in [0.5, 0.6) is 0 Å². The molecule has 38 heavy (non-hydrogen) atoms. The van der Waals surface area contributed by atoms with Gasteiger partial charge < -0.3 is 32.9 Å². The summed E-state index contributed by atoms with van der Waals surface area (Å²) in [6.07, 6.45) is 5.32. The number of hydrogen-bond donors (Lipinski definition) is 5. The summed E-state index contributed by atoms with van der Waals surface area (Å²) in [7, 11) is 0. The number of nitriles is 1. The number of nitrogens with one attached hydrogen (secondary N) is 2. The molecule has 0 bridgehead atoms. The first kappa shape index (κ1) is 26.8. The molecule has 1 aromatic heterocycles. The Morgan fingerprint density at radius 3 is 2.39 bits per heavy atom. The van der Waals surface area contributed by atoms with Crippen LogP contribution in [-0.2, 0) is 6.54 Å². The van der Waals surface area contributed by atoms with E-state index in [1.165, 1.54) is 5.56 Å². The molecule has 0 saturated carbocycles. The summed E-state index contributed by atoms with van der Waals surface area (Å²) in [6, 6.07) is 10.3. The first-order chi connectivity index (χ1) is 18.4. The van der Waals surface area contributed by atoms with Crippen molar-refractivity contribution >= 4 is 35.4 Å². The number of hydrogen-bond acceptors (Lipinski definition) is 10. The number of likely N-dealkylation sites (tertiary alicyclic amines) is 1. The highest BCUT2D eigenvalue weighted by molar-refractivity contribution is 6.04. The molecule has 8 N–H and O–H groups in total. The Labute approximate surface area is 222 Å². The topological polar surface area (TPSA) is 199 Å². The summed E-state index contributed by atoms with van der Waals surface area (Å²) in [5, 5.41) is 23.8. The minimum Gasteiger partial charge on any atom is -0.386 e. The van der Waals surface area contributed by atoms with Gasteiger partial charge in [0, 0.05) is 43.9 Å². The SMILES string of the molecule is N#CC1CCN(c2nc(C=N)c(C(N)=O)c(Nc3ccc(CN4CCC(C/C(N)=N/N)CC4)cc3)n2)CC1. The van der Waals surface area contributed by atoms with Crippen molar-refractivity contribution in [1.82, 2.24) is 14.9 Å². The fraction of sp³-hybridized carbons (Fsp3) is 0.462. The molecule has 200 valence electrons. The fourth-order valence-electron chi connectivity index (χ4n) is 5.04. The lowest BCUT2D eigenvalue weighted by atomic mass is 9.93. The van der Waals surface area contributed by atoms with Gasteiger partial charge in [-0.1, -0.05) is 12.1 Å². The average molecular weight is 518 g/mol. The lowest BCUT2D eigenvalue weighted by Gasteiger charge is -2.31. The second kappa shape index (κ2) is 12.3. The van der Waals surface area contributed by atoms with E-state index in [0.717, 1.165) is 63.6 Å². The Bertz CT molecular complexity index is 1200. The van der Waals surface area contributed by atoms with Crippen molar-refractivity contribution in [2.75, 3.05) is 36.4 Å². The Morgan fingerprint density at radius 1 is 1.13 bits per heavy atom. The second-order valence-corrected chi connectivity index (χ2v) is 9.90. The summed E-state index contributed by atoms with van der Waals surface area (Å²) in [4.78, 5) is 25.7. The van der Waals surface area contributed by atoms with Crippen molar-refractivity contribution in [3.05, 3.63) is 41.1 Å². The molecule has 0 aliphatic carbocycles. The number of amides is 1. The third-order valence-electron chi connectivity index (χ3n) is 7.26. The van der Waals surface area contributed by atoms with Crippen LogP contribution in [0.2, 0.25) is 0 Å². The van der Waals surface area contributed by atoms with E-state index in [-0.39, 0.29) is 23.0 Å². The number of amidine groups is 1. The molecule has 1 aromatic carbocycles. The van der Waals surface area contributed by atoms with Crippen LogP contribution in [0.4, 0.5) is 17.5 Å². The van der Waals surface area contributed by atoms with E-state index < -0.39 is 5.91 Å². The number of carbonyl (C=O) groups excluding carboxylic acids is 1. The van der Waals surface area contributed by atoms with Crippen molar-refractivity contribution in [2.24, 2.45) is 34.2 Å². The standard InChI is InChI=1S/C26H35N11O/c27-14-18-7-11-37(12-8-18)26-33-21(15-28)23(24(30)38)25(34-26)32-20-3-1-19(2-4-20)16-36-9-5-17(6-10-36)13-22(29)35-31/h1-4,15,17-18,28H,5-13,16,31H2,(H2,29,35)(H2,30,38)(H,32,33,34). The van der Waals surface area contributed by atoms with E-state index in [4.69, 9.17) is 22.7 Å². The van der Waals surface area contributed by atoms with E-state index in [1.807, 2.05) is 29.2 Å².